The van der Waals surface area contributed by atoms with E-state index in [1.54, 1.807) is 0 Å². The Morgan fingerprint density at radius 1 is 1.40 bits per heavy atom. The van der Waals surface area contributed by atoms with Gasteiger partial charge >= 0.3 is 5.97 Å². The normalized spacial score (nSPS) is 11.6. The average Bonchev–Trinajstić information content (AvgIpc) is 2.47. The third-order valence-corrected chi connectivity index (χ3v) is 2.84. The lowest BCUT2D eigenvalue weighted by molar-refractivity contribution is -0.144. The van der Waals surface area contributed by atoms with Crippen molar-refractivity contribution in [2.24, 2.45) is 0 Å². The maximum Gasteiger partial charge on any atom is 0.328 e. The van der Waals surface area contributed by atoms with Crippen LogP contribution in [-0.2, 0) is 20.7 Å². The molecule has 0 fully saturated rings. The summed E-state index contributed by atoms with van der Waals surface area (Å²) in [5.74, 6) is -1.80. The third kappa shape index (κ3) is 4.38. The van der Waals surface area contributed by atoms with Gasteiger partial charge in [-0.2, -0.15) is 0 Å². The summed E-state index contributed by atoms with van der Waals surface area (Å²) in [6.07, 6.45) is 0.145. The minimum absolute atomic E-state index is 0.0646. The highest BCUT2D eigenvalue weighted by Crippen LogP contribution is 2.19. The van der Waals surface area contributed by atoms with Gasteiger partial charge in [-0.3, -0.25) is 4.79 Å². The first-order chi connectivity index (χ1) is 9.51. The van der Waals surface area contributed by atoms with Crippen LogP contribution in [0.2, 0.25) is 0 Å². The number of hydrogen-bond acceptors (Lipinski definition) is 4. The number of benzene rings is 1. The Balaban J connectivity index is 2.88. The molecule has 0 aliphatic rings. The Morgan fingerprint density at radius 3 is 2.65 bits per heavy atom. The number of esters is 1. The molecular formula is C13H15ClFNO4. The van der Waals surface area contributed by atoms with Gasteiger partial charge < -0.3 is 14.8 Å². The van der Waals surface area contributed by atoms with Gasteiger partial charge in [0.25, 0.3) is 0 Å². The molecule has 0 saturated heterocycles. The third-order valence-electron chi connectivity index (χ3n) is 2.60. The summed E-state index contributed by atoms with van der Waals surface area (Å²) in [5.41, 5.74) is 0.619. The Bertz CT molecular complexity index is 495. The van der Waals surface area contributed by atoms with Gasteiger partial charge in [0.1, 0.15) is 11.9 Å². The number of carbonyl (C=O) groups is 2. The Labute approximate surface area is 121 Å². The van der Waals surface area contributed by atoms with E-state index in [2.05, 4.69) is 10.1 Å². The summed E-state index contributed by atoms with van der Waals surface area (Å²) >= 11 is 5.38. The smallest absolute Gasteiger partial charge is 0.328 e. The summed E-state index contributed by atoms with van der Waals surface area (Å²) < 4.78 is 22.8. The van der Waals surface area contributed by atoms with Crippen molar-refractivity contribution in [3.8, 4) is 5.75 Å². The number of alkyl halides is 1. The zero-order valence-electron chi connectivity index (χ0n) is 11.1. The van der Waals surface area contributed by atoms with E-state index in [-0.39, 0.29) is 18.1 Å². The molecule has 0 radical (unpaired) electrons. The number of nitrogens with one attached hydrogen (secondary N) is 1. The first-order valence-corrected chi connectivity index (χ1v) is 6.30. The second-order valence-corrected chi connectivity index (χ2v) is 4.22. The lowest BCUT2D eigenvalue weighted by Crippen LogP contribution is -2.43. The number of halogens is 2. The van der Waals surface area contributed by atoms with E-state index in [1.807, 2.05) is 0 Å². The molecule has 1 atom stereocenters. The van der Waals surface area contributed by atoms with E-state index in [4.69, 9.17) is 16.3 Å². The molecular weight excluding hydrogens is 289 g/mol. The van der Waals surface area contributed by atoms with E-state index >= 15 is 0 Å². The average molecular weight is 304 g/mol. The monoisotopic (exact) mass is 303 g/mol. The number of rotatable bonds is 6. The molecule has 5 nitrogen and oxygen atoms in total. The summed E-state index contributed by atoms with van der Waals surface area (Å²) in [5, 5.41) is 2.44. The molecule has 0 spiro atoms. The van der Waals surface area contributed by atoms with Crippen molar-refractivity contribution in [3.63, 3.8) is 0 Å². The van der Waals surface area contributed by atoms with Crippen molar-refractivity contribution in [1.82, 2.24) is 5.32 Å². The zero-order valence-corrected chi connectivity index (χ0v) is 11.9. The lowest BCUT2D eigenvalue weighted by Gasteiger charge is -2.16. The van der Waals surface area contributed by atoms with Crippen molar-refractivity contribution < 1.29 is 23.5 Å². The summed E-state index contributed by atoms with van der Waals surface area (Å²) in [6, 6.07) is 3.30. The van der Waals surface area contributed by atoms with Crippen LogP contribution in [0.1, 0.15) is 5.56 Å². The molecule has 0 heterocycles. The highest BCUT2D eigenvalue weighted by molar-refractivity contribution is 6.27. The minimum Gasteiger partial charge on any atom is -0.494 e. The van der Waals surface area contributed by atoms with Crippen LogP contribution in [0.5, 0.6) is 5.75 Å². The SMILES string of the molecule is COC(=O)[C@@H](Cc1ccc(F)c(OC)c1)NC(=O)CCl. The molecule has 20 heavy (non-hydrogen) atoms. The van der Waals surface area contributed by atoms with Crippen LogP contribution in [0, 0.1) is 5.82 Å². The number of ether oxygens (including phenoxy) is 2. The van der Waals surface area contributed by atoms with Crippen molar-refractivity contribution in [2.75, 3.05) is 20.1 Å². The minimum atomic E-state index is -0.888. The summed E-state index contributed by atoms with van der Waals surface area (Å²) in [7, 11) is 2.56. The largest absolute Gasteiger partial charge is 0.494 e. The molecule has 110 valence electrons. The summed E-state index contributed by atoms with van der Waals surface area (Å²) in [4.78, 5) is 22.9. The maximum atomic E-state index is 13.3. The lowest BCUT2D eigenvalue weighted by atomic mass is 10.1. The quantitative estimate of drug-likeness (QED) is 0.635. The Morgan fingerprint density at radius 2 is 2.10 bits per heavy atom. The highest BCUT2D eigenvalue weighted by Gasteiger charge is 2.22. The maximum absolute atomic E-state index is 13.3. The number of amides is 1. The van der Waals surface area contributed by atoms with Crippen molar-refractivity contribution in [2.45, 2.75) is 12.5 Å². The molecule has 1 aromatic carbocycles. The van der Waals surface area contributed by atoms with Crippen LogP contribution < -0.4 is 10.1 Å². The van der Waals surface area contributed by atoms with Gasteiger partial charge in [0.05, 0.1) is 14.2 Å². The van der Waals surface area contributed by atoms with Crippen LogP contribution in [0.3, 0.4) is 0 Å². The van der Waals surface area contributed by atoms with E-state index in [9.17, 15) is 14.0 Å². The van der Waals surface area contributed by atoms with E-state index in [1.165, 1.54) is 32.4 Å². The number of carbonyl (C=O) groups excluding carboxylic acids is 2. The second kappa shape index (κ2) is 7.69. The molecule has 1 N–H and O–H groups in total. The predicted octanol–water partition coefficient (Wildman–Crippen LogP) is 1.27. The fraction of sp³-hybridized carbons (Fsp3) is 0.385. The zero-order chi connectivity index (χ0) is 15.1. The first-order valence-electron chi connectivity index (χ1n) is 5.77. The van der Waals surface area contributed by atoms with Crippen molar-refractivity contribution >= 4 is 23.5 Å². The van der Waals surface area contributed by atoms with Crippen LogP contribution >= 0.6 is 11.6 Å². The highest BCUT2D eigenvalue weighted by atomic mass is 35.5. The van der Waals surface area contributed by atoms with Gasteiger partial charge in [-0.1, -0.05) is 6.07 Å². The van der Waals surface area contributed by atoms with Gasteiger partial charge in [-0.05, 0) is 17.7 Å². The van der Waals surface area contributed by atoms with Gasteiger partial charge in [-0.15, -0.1) is 11.6 Å². The predicted molar refractivity (Wildman–Crippen MR) is 71.3 cm³/mol. The molecule has 0 aromatic heterocycles. The van der Waals surface area contributed by atoms with E-state index in [0.717, 1.165) is 0 Å². The molecule has 7 heteroatoms. The van der Waals surface area contributed by atoms with E-state index < -0.39 is 23.7 Å². The number of methoxy groups -OCH3 is 2. The van der Waals surface area contributed by atoms with Gasteiger partial charge in [0, 0.05) is 6.42 Å². The van der Waals surface area contributed by atoms with Gasteiger partial charge in [0.2, 0.25) is 5.91 Å². The molecule has 1 amide bonds. The van der Waals surface area contributed by atoms with Gasteiger partial charge in [0.15, 0.2) is 11.6 Å². The molecule has 1 rings (SSSR count). The first kappa shape index (κ1) is 16.2. The van der Waals surface area contributed by atoms with Crippen molar-refractivity contribution in [3.05, 3.63) is 29.6 Å². The fourth-order valence-electron chi connectivity index (χ4n) is 1.64. The molecule has 0 bridgehead atoms. The molecule has 0 saturated carbocycles. The standard InChI is InChI=1S/C13H15ClFNO4/c1-19-11-6-8(3-4-9(11)15)5-10(13(18)20-2)16-12(17)7-14/h3-4,6,10H,5,7H2,1-2H3,(H,16,17)/t10-/m1/s1. The van der Waals surface area contributed by atoms with Crippen LogP contribution in [0.4, 0.5) is 4.39 Å². The van der Waals surface area contributed by atoms with Crippen LogP contribution in [-0.4, -0.2) is 38.0 Å². The van der Waals surface area contributed by atoms with Crippen molar-refractivity contribution in [1.29, 1.82) is 0 Å². The van der Waals surface area contributed by atoms with Crippen LogP contribution in [0.25, 0.3) is 0 Å². The fourth-order valence-corrected chi connectivity index (χ4v) is 1.71. The van der Waals surface area contributed by atoms with E-state index in [0.29, 0.717) is 5.56 Å². The Kier molecular flexibility index (Phi) is 6.24. The molecule has 1 aromatic rings. The number of hydrogen-bond donors (Lipinski definition) is 1. The molecule has 0 aliphatic heterocycles. The molecule has 0 unspecified atom stereocenters. The topological polar surface area (TPSA) is 64.6 Å². The van der Waals surface area contributed by atoms with Gasteiger partial charge in [-0.25, -0.2) is 9.18 Å². The second-order valence-electron chi connectivity index (χ2n) is 3.95. The van der Waals surface area contributed by atoms with Crippen LogP contribution in [0.15, 0.2) is 18.2 Å². The molecule has 0 aliphatic carbocycles. The summed E-state index contributed by atoms with van der Waals surface area (Å²) in [6.45, 7) is 0. The Hall–Kier alpha value is -1.82.